The minimum absolute atomic E-state index is 0.0488. The third-order valence-electron chi connectivity index (χ3n) is 9.11. The van der Waals surface area contributed by atoms with Crippen LogP contribution in [0.2, 0.25) is 0 Å². The quantitative estimate of drug-likeness (QED) is 0.0160. The largest absolute Gasteiger partial charge is 0.756 e. The van der Waals surface area contributed by atoms with Crippen LogP contribution in [0.4, 0.5) is 0 Å². The summed E-state index contributed by atoms with van der Waals surface area (Å²) in [6.07, 6.45) is 26.4. The van der Waals surface area contributed by atoms with Gasteiger partial charge in [0.05, 0.1) is 34.4 Å². The monoisotopic (exact) mass is 796 g/mol. The van der Waals surface area contributed by atoms with Crippen molar-refractivity contribution in [2.24, 2.45) is 0 Å². The van der Waals surface area contributed by atoms with Gasteiger partial charge in [-0.1, -0.05) is 103 Å². The van der Waals surface area contributed by atoms with E-state index in [0.717, 1.165) is 89.1 Å². The van der Waals surface area contributed by atoms with Gasteiger partial charge in [-0.3, -0.25) is 18.9 Å². The molecule has 1 unspecified atom stereocenters. The van der Waals surface area contributed by atoms with Crippen molar-refractivity contribution in [3.63, 3.8) is 0 Å². The smallest absolute Gasteiger partial charge is 0.306 e. The number of aldehydes is 1. The summed E-state index contributed by atoms with van der Waals surface area (Å²) in [5, 5.41) is 0. The average Bonchev–Trinajstić information content (AvgIpc) is 3.14. The molecule has 1 rings (SSSR count). The number of esters is 2. The summed E-state index contributed by atoms with van der Waals surface area (Å²) in [7, 11) is 1.10. The first-order valence-corrected chi connectivity index (χ1v) is 22.5. The van der Waals surface area contributed by atoms with Gasteiger partial charge in [0.15, 0.2) is 6.10 Å². The molecule has 0 N–H and O–H groups in total. The molecule has 0 bridgehead atoms. The molecule has 11 nitrogen and oxygen atoms in total. The highest BCUT2D eigenvalue weighted by molar-refractivity contribution is 7.45. The van der Waals surface area contributed by atoms with Crippen LogP contribution in [0.5, 0.6) is 5.75 Å². The molecule has 0 fully saturated rings. The second kappa shape index (κ2) is 32.5. The van der Waals surface area contributed by atoms with Crippen LogP contribution >= 0.6 is 7.82 Å². The van der Waals surface area contributed by atoms with Gasteiger partial charge < -0.3 is 32.6 Å². The number of carbonyl (C=O) groups excluding carboxylic acids is 3. The van der Waals surface area contributed by atoms with Crippen LogP contribution in [0.25, 0.3) is 0 Å². The van der Waals surface area contributed by atoms with Gasteiger partial charge in [0.25, 0.3) is 7.82 Å². The van der Waals surface area contributed by atoms with Crippen LogP contribution in [0.15, 0.2) is 36.4 Å². The number of hydrogen-bond donors (Lipinski definition) is 0. The minimum atomic E-state index is -4.65. The molecule has 55 heavy (non-hydrogen) atoms. The second-order valence-electron chi connectivity index (χ2n) is 15.5. The molecule has 2 atom stereocenters. The van der Waals surface area contributed by atoms with E-state index in [0.29, 0.717) is 36.0 Å². The van der Waals surface area contributed by atoms with Crippen molar-refractivity contribution in [1.82, 2.24) is 0 Å². The Morgan fingerprint density at radius 1 is 0.691 bits per heavy atom. The lowest BCUT2D eigenvalue weighted by Gasteiger charge is -2.28. The number of hydrogen-bond acceptors (Lipinski definition) is 10. The fourth-order valence-corrected chi connectivity index (χ4v) is 6.41. The maximum Gasteiger partial charge on any atom is 0.306 e. The van der Waals surface area contributed by atoms with Crippen molar-refractivity contribution >= 4 is 26.0 Å². The molecule has 0 saturated heterocycles. The Balaban J connectivity index is 2.30. The van der Waals surface area contributed by atoms with Crippen LogP contribution < -0.4 is 9.63 Å². The van der Waals surface area contributed by atoms with Gasteiger partial charge in [-0.15, -0.1) is 0 Å². The van der Waals surface area contributed by atoms with E-state index in [1.54, 1.807) is 24.3 Å². The number of allylic oxidation sites excluding steroid dienone is 2. The Bertz CT molecular complexity index is 1200. The molecule has 0 spiro atoms. The van der Waals surface area contributed by atoms with Gasteiger partial charge in [-0.05, 0) is 69.2 Å². The number of ether oxygens (including phenoxy) is 3. The van der Waals surface area contributed by atoms with E-state index < -0.39 is 32.5 Å². The maximum atomic E-state index is 12.7. The van der Waals surface area contributed by atoms with E-state index in [4.69, 9.17) is 23.3 Å². The highest BCUT2D eigenvalue weighted by atomic mass is 31.2. The first-order valence-electron chi connectivity index (χ1n) is 21.0. The summed E-state index contributed by atoms with van der Waals surface area (Å²) >= 11 is 0. The van der Waals surface area contributed by atoms with Gasteiger partial charge in [0.2, 0.25) is 0 Å². The normalized spacial score (nSPS) is 13.4. The van der Waals surface area contributed by atoms with E-state index in [-0.39, 0.29) is 26.1 Å². The van der Waals surface area contributed by atoms with Gasteiger partial charge in [0.1, 0.15) is 31.8 Å². The zero-order chi connectivity index (χ0) is 40.5. The third kappa shape index (κ3) is 32.3. The standard InChI is InChI=1S/C43H74NO10P/c1-5-6-7-8-9-10-11-12-13-14-15-16-18-22-25-28-43(47)54-41(38-53-55(48,49)52-35-33-44(2,3)4)37-51-42(46)27-24-21-19-17-20-23-26-34-50-40-31-29-39(36-45)30-32-40/h12-13,29-32,36,41H,5-11,14-28,33-35,37-38H2,1-4H3/b13-12-/t41-/m1/s1. The Morgan fingerprint density at radius 3 is 1.78 bits per heavy atom. The molecule has 0 aliphatic heterocycles. The lowest BCUT2D eigenvalue weighted by molar-refractivity contribution is -0.870. The zero-order valence-electron chi connectivity index (χ0n) is 34.7. The SMILES string of the molecule is CCCCCCCC/C=C\CCCCCCCC(=O)O[C@H](COC(=O)CCCCCCCCCOc1ccc(C=O)cc1)COP(=O)([O-])OCC[N+](C)(C)C. The average molecular weight is 796 g/mol. The fraction of sp³-hybridized carbons (Fsp3) is 0.744. The second-order valence-corrected chi connectivity index (χ2v) is 16.9. The number of nitrogens with zero attached hydrogens (tertiary/aromatic N) is 1. The summed E-state index contributed by atoms with van der Waals surface area (Å²) in [5.74, 6) is -0.149. The Hall–Kier alpha value is -2.56. The Labute approximate surface area is 333 Å². The fourth-order valence-electron chi connectivity index (χ4n) is 5.69. The lowest BCUT2D eigenvalue weighted by atomic mass is 10.1. The van der Waals surface area contributed by atoms with E-state index in [2.05, 4.69) is 19.1 Å². The number of quaternary nitrogens is 1. The lowest BCUT2D eigenvalue weighted by Crippen LogP contribution is -2.37. The molecule has 0 amide bonds. The van der Waals surface area contributed by atoms with E-state index in [9.17, 15) is 23.8 Å². The van der Waals surface area contributed by atoms with Crippen molar-refractivity contribution < 1.29 is 51.6 Å². The summed E-state index contributed by atoms with van der Waals surface area (Å²) in [4.78, 5) is 48.2. The highest BCUT2D eigenvalue weighted by Gasteiger charge is 2.21. The molecule has 0 radical (unpaired) electrons. The first kappa shape index (κ1) is 50.5. The van der Waals surface area contributed by atoms with Gasteiger partial charge in [-0.2, -0.15) is 0 Å². The van der Waals surface area contributed by atoms with Gasteiger partial charge in [0, 0.05) is 18.4 Å². The minimum Gasteiger partial charge on any atom is -0.756 e. The molecule has 12 heteroatoms. The van der Waals surface area contributed by atoms with Crippen LogP contribution in [-0.2, 0) is 32.7 Å². The molecule has 1 aromatic carbocycles. The van der Waals surface area contributed by atoms with E-state index in [1.807, 2.05) is 21.1 Å². The molecule has 0 saturated carbocycles. The summed E-state index contributed by atoms with van der Waals surface area (Å²) in [6, 6.07) is 7.07. The third-order valence-corrected chi connectivity index (χ3v) is 10.1. The Morgan fingerprint density at radius 2 is 1.22 bits per heavy atom. The zero-order valence-corrected chi connectivity index (χ0v) is 35.6. The number of rotatable bonds is 37. The predicted octanol–water partition coefficient (Wildman–Crippen LogP) is 9.70. The van der Waals surface area contributed by atoms with Gasteiger partial charge in [-0.25, -0.2) is 0 Å². The van der Waals surface area contributed by atoms with Gasteiger partial charge >= 0.3 is 11.9 Å². The molecule has 0 heterocycles. The molecule has 0 aliphatic rings. The Kier molecular flexibility index (Phi) is 29.8. The topological polar surface area (TPSA) is 137 Å². The number of unbranched alkanes of at least 4 members (excludes halogenated alkanes) is 17. The molecule has 1 aromatic rings. The van der Waals surface area contributed by atoms with E-state index in [1.165, 1.54) is 38.5 Å². The molecular formula is C43H74NO10P. The maximum absolute atomic E-state index is 12.7. The first-order chi connectivity index (χ1) is 26.4. The van der Waals surface area contributed by atoms with Crippen LogP contribution in [0.1, 0.15) is 159 Å². The molecule has 0 aliphatic carbocycles. The predicted molar refractivity (Wildman–Crippen MR) is 217 cm³/mol. The van der Waals surface area contributed by atoms with Crippen LogP contribution in [-0.4, -0.2) is 82.9 Å². The molecular weight excluding hydrogens is 721 g/mol. The number of phosphoric acid groups is 1. The number of likely N-dealkylation sites (N-methyl/N-ethyl adjacent to an activating group) is 1. The van der Waals surface area contributed by atoms with Crippen molar-refractivity contribution in [2.45, 2.75) is 154 Å². The summed E-state index contributed by atoms with van der Waals surface area (Å²) < 4.78 is 39.5. The van der Waals surface area contributed by atoms with Crippen molar-refractivity contribution in [3.05, 3.63) is 42.0 Å². The van der Waals surface area contributed by atoms with E-state index >= 15 is 0 Å². The van der Waals surface area contributed by atoms with Crippen molar-refractivity contribution in [2.75, 3.05) is 54.1 Å². The molecule has 0 aromatic heterocycles. The highest BCUT2D eigenvalue weighted by Crippen LogP contribution is 2.38. The number of phosphoric ester groups is 1. The summed E-state index contributed by atoms with van der Waals surface area (Å²) in [6.45, 7) is 2.49. The van der Waals surface area contributed by atoms with Crippen molar-refractivity contribution in [3.8, 4) is 5.75 Å². The molecule has 316 valence electrons. The van der Waals surface area contributed by atoms with Crippen LogP contribution in [0, 0.1) is 0 Å². The number of carbonyl (C=O) groups is 3. The van der Waals surface area contributed by atoms with Crippen molar-refractivity contribution in [1.29, 1.82) is 0 Å². The number of benzene rings is 1. The van der Waals surface area contributed by atoms with Crippen LogP contribution in [0.3, 0.4) is 0 Å². The summed E-state index contributed by atoms with van der Waals surface area (Å²) in [5.41, 5.74) is 0.625.